The smallest absolute Gasteiger partial charge is 0.317 e. The molecule has 0 aliphatic carbocycles. The Morgan fingerprint density at radius 3 is 2.67 bits per heavy atom. The lowest BCUT2D eigenvalue weighted by molar-refractivity contribution is -0.135. The Labute approximate surface area is 121 Å². The lowest BCUT2D eigenvalue weighted by Crippen LogP contribution is -2.39. The first kappa shape index (κ1) is 14.4. The topological polar surface area (TPSA) is 96.0 Å². The number of anilines is 2. The van der Waals surface area contributed by atoms with Crippen LogP contribution in [0.1, 0.15) is 12.5 Å². The van der Waals surface area contributed by atoms with Crippen molar-refractivity contribution >= 4 is 23.3 Å². The second-order valence-corrected chi connectivity index (χ2v) is 4.13. The highest BCUT2D eigenvalue weighted by molar-refractivity contribution is 6.39. The van der Waals surface area contributed by atoms with Gasteiger partial charge in [0.25, 0.3) is 0 Å². The minimum absolute atomic E-state index is 0.340. The van der Waals surface area contributed by atoms with Crippen molar-refractivity contribution in [3.05, 3.63) is 48.4 Å². The van der Waals surface area contributed by atoms with Crippen LogP contribution in [-0.2, 0) is 16.0 Å². The summed E-state index contributed by atoms with van der Waals surface area (Å²) in [6.07, 6.45) is 5.15. The molecule has 108 valence electrons. The monoisotopic (exact) mass is 285 g/mol. The summed E-state index contributed by atoms with van der Waals surface area (Å²) in [5, 5.41) is 2.57. The molecule has 0 spiro atoms. The van der Waals surface area contributed by atoms with Crippen LogP contribution in [-0.4, -0.2) is 21.8 Å². The summed E-state index contributed by atoms with van der Waals surface area (Å²) in [5.74, 6) is -1.23. The van der Waals surface area contributed by atoms with Gasteiger partial charge in [0.15, 0.2) is 5.82 Å². The molecule has 2 aromatic rings. The summed E-state index contributed by atoms with van der Waals surface area (Å²) in [6.45, 7) is 1.97. The first-order valence-corrected chi connectivity index (χ1v) is 6.42. The molecule has 0 unspecified atom stereocenters. The molecule has 1 aromatic carbocycles. The second-order valence-electron chi connectivity index (χ2n) is 4.13. The van der Waals surface area contributed by atoms with Crippen LogP contribution in [0.3, 0.4) is 0 Å². The fraction of sp³-hybridized carbons (Fsp3) is 0.143. The fourth-order valence-electron chi connectivity index (χ4n) is 1.67. The molecule has 3 N–H and O–H groups in total. The summed E-state index contributed by atoms with van der Waals surface area (Å²) in [7, 11) is 0. The molecule has 0 radical (unpaired) electrons. The summed E-state index contributed by atoms with van der Waals surface area (Å²) >= 11 is 0. The summed E-state index contributed by atoms with van der Waals surface area (Å²) in [4.78, 5) is 31.2. The van der Waals surface area contributed by atoms with Gasteiger partial charge in [0.1, 0.15) is 0 Å². The van der Waals surface area contributed by atoms with Gasteiger partial charge < -0.3 is 5.32 Å². The molecule has 21 heavy (non-hydrogen) atoms. The van der Waals surface area contributed by atoms with E-state index in [1.54, 1.807) is 12.1 Å². The zero-order valence-electron chi connectivity index (χ0n) is 11.5. The second kappa shape index (κ2) is 6.99. The highest BCUT2D eigenvalue weighted by Crippen LogP contribution is 2.15. The van der Waals surface area contributed by atoms with E-state index in [2.05, 4.69) is 26.1 Å². The number of rotatable bonds is 4. The van der Waals surface area contributed by atoms with Gasteiger partial charge >= 0.3 is 11.8 Å². The number of nitrogens with zero attached hydrogens (tertiary/aromatic N) is 2. The number of aryl methyl sites for hydroxylation is 1. The molecular formula is C14H15N5O2. The van der Waals surface area contributed by atoms with Crippen LogP contribution >= 0.6 is 0 Å². The van der Waals surface area contributed by atoms with Gasteiger partial charge in [-0.1, -0.05) is 25.1 Å². The first-order chi connectivity index (χ1) is 10.2. The molecule has 0 aliphatic rings. The maximum atomic E-state index is 11.8. The zero-order chi connectivity index (χ0) is 15.1. The number of carbonyl (C=O) groups excluding carboxylic acids is 2. The minimum atomic E-state index is -0.813. The maximum absolute atomic E-state index is 11.8. The van der Waals surface area contributed by atoms with Gasteiger partial charge in [-0.3, -0.25) is 25.4 Å². The Hall–Kier alpha value is -2.96. The highest BCUT2D eigenvalue weighted by atomic mass is 16.2. The van der Waals surface area contributed by atoms with Crippen LogP contribution in [0.25, 0.3) is 0 Å². The normalized spacial score (nSPS) is 9.76. The average Bonchev–Trinajstić information content (AvgIpc) is 2.54. The van der Waals surface area contributed by atoms with E-state index in [1.165, 1.54) is 18.6 Å². The number of nitrogens with one attached hydrogen (secondary N) is 3. The molecule has 7 nitrogen and oxygen atoms in total. The molecule has 7 heteroatoms. The summed E-state index contributed by atoms with van der Waals surface area (Å²) in [6, 6.07) is 7.32. The third kappa shape index (κ3) is 4.00. The molecule has 0 saturated carbocycles. The Morgan fingerprint density at radius 2 is 1.95 bits per heavy atom. The van der Waals surface area contributed by atoms with E-state index in [0.717, 1.165) is 12.0 Å². The van der Waals surface area contributed by atoms with Crippen molar-refractivity contribution in [1.82, 2.24) is 15.4 Å². The van der Waals surface area contributed by atoms with Crippen molar-refractivity contribution in [2.45, 2.75) is 13.3 Å². The van der Waals surface area contributed by atoms with Crippen molar-refractivity contribution in [3.8, 4) is 0 Å². The number of hydrazine groups is 1. The van der Waals surface area contributed by atoms with Crippen LogP contribution in [0.4, 0.5) is 11.5 Å². The zero-order valence-corrected chi connectivity index (χ0v) is 11.5. The third-order valence-corrected chi connectivity index (χ3v) is 2.72. The number of hydrogen-bond acceptors (Lipinski definition) is 5. The van der Waals surface area contributed by atoms with Crippen LogP contribution in [0.2, 0.25) is 0 Å². The van der Waals surface area contributed by atoms with Crippen molar-refractivity contribution < 1.29 is 9.59 Å². The van der Waals surface area contributed by atoms with E-state index in [0.29, 0.717) is 11.5 Å². The minimum Gasteiger partial charge on any atom is -0.317 e. The quantitative estimate of drug-likeness (QED) is 0.578. The molecule has 2 rings (SSSR count). The Kier molecular flexibility index (Phi) is 4.81. The van der Waals surface area contributed by atoms with Gasteiger partial charge in [-0.25, -0.2) is 4.98 Å². The van der Waals surface area contributed by atoms with E-state index in [1.807, 2.05) is 19.1 Å². The molecule has 0 fully saturated rings. The summed E-state index contributed by atoms with van der Waals surface area (Å²) < 4.78 is 0. The molecule has 0 bridgehead atoms. The Bertz CT molecular complexity index is 630. The molecule has 0 aliphatic heterocycles. The van der Waals surface area contributed by atoms with Crippen molar-refractivity contribution in [2.75, 3.05) is 10.7 Å². The standard InChI is InChI=1S/C14H15N5O2/c1-2-10-5-3-4-6-11(10)17-13(20)14(21)19-18-12-9-15-7-8-16-12/h3-9H,2H2,1H3,(H,16,18)(H,17,20)(H,19,21). The lowest BCUT2D eigenvalue weighted by Gasteiger charge is -2.10. The average molecular weight is 285 g/mol. The highest BCUT2D eigenvalue weighted by Gasteiger charge is 2.14. The Balaban J connectivity index is 1.92. The molecule has 0 saturated heterocycles. The van der Waals surface area contributed by atoms with Gasteiger partial charge in [-0.05, 0) is 18.1 Å². The van der Waals surface area contributed by atoms with Crippen molar-refractivity contribution in [2.24, 2.45) is 0 Å². The van der Waals surface area contributed by atoms with Crippen LogP contribution in [0, 0.1) is 0 Å². The number of para-hydroxylation sites is 1. The van der Waals surface area contributed by atoms with Gasteiger partial charge in [-0.2, -0.15) is 0 Å². The third-order valence-electron chi connectivity index (χ3n) is 2.72. The summed E-state index contributed by atoms with van der Waals surface area (Å²) in [5.41, 5.74) is 6.34. The van der Waals surface area contributed by atoms with E-state index in [9.17, 15) is 9.59 Å². The van der Waals surface area contributed by atoms with E-state index in [4.69, 9.17) is 0 Å². The van der Waals surface area contributed by atoms with Crippen LogP contribution in [0.5, 0.6) is 0 Å². The van der Waals surface area contributed by atoms with Crippen LogP contribution < -0.4 is 16.2 Å². The van der Waals surface area contributed by atoms with E-state index < -0.39 is 11.8 Å². The lowest BCUT2D eigenvalue weighted by atomic mass is 10.1. The molecular weight excluding hydrogens is 270 g/mol. The molecule has 1 aromatic heterocycles. The fourth-order valence-corrected chi connectivity index (χ4v) is 1.67. The van der Waals surface area contributed by atoms with Gasteiger partial charge in [0, 0.05) is 18.1 Å². The molecule has 2 amide bonds. The van der Waals surface area contributed by atoms with Crippen molar-refractivity contribution in [1.29, 1.82) is 0 Å². The van der Waals surface area contributed by atoms with Gasteiger partial charge in [0.05, 0.1) is 6.20 Å². The number of aromatic nitrogens is 2. The Morgan fingerprint density at radius 1 is 1.14 bits per heavy atom. The number of benzene rings is 1. The predicted molar refractivity (Wildman–Crippen MR) is 78.2 cm³/mol. The first-order valence-electron chi connectivity index (χ1n) is 6.42. The van der Waals surface area contributed by atoms with E-state index >= 15 is 0 Å². The molecule has 0 atom stereocenters. The number of carbonyl (C=O) groups is 2. The largest absolute Gasteiger partial charge is 0.328 e. The number of hydrogen-bond donors (Lipinski definition) is 3. The van der Waals surface area contributed by atoms with Gasteiger partial charge in [-0.15, -0.1) is 0 Å². The van der Waals surface area contributed by atoms with Gasteiger partial charge in [0.2, 0.25) is 0 Å². The number of amides is 2. The maximum Gasteiger partial charge on any atom is 0.328 e. The van der Waals surface area contributed by atoms with E-state index in [-0.39, 0.29) is 0 Å². The SMILES string of the molecule is CCc1ccccc1NC(=O)C(=O)NNc1cnccn1. The predicted octanol–water partition coefficient (Wildman–Crippen LogP) is 1.12. The van der Waals surface area contributed by atoms with Crippen molar-refractivity contribution in [3.63, 3.8) is 0 Å². The molecule has 1 heterocycles. The van der Waals surface area contributed by atoms with Crippen LogP contribution in [0.15, 0.2) is 42.9 Å².